The molecule has 1 aliphatic heterocycles. The molecule has 1 unspecified atom stereocenters. The number of rotatable bonds is 3. The van der Waals surface area contributed by atoms with Gasteiger partial charge in [-0.15, -0.1) is 11.3 Å². The Bertz CT molecular complexity index is 807. The number of Topliss-reactive ketones (excluding diaryl/α,β-unsaturated/α-hetero) is 1. The molecule has 1 atom stereocenters. The Morgan fingerprint density at radius 2 is 2.08 bits per heavy atom. The molecule has 1 fully saturated rings. The van der Waals surface area contributed by atoms with Crippen molar-refractivity contribution in [2.45, 2.75) is 38.5 Å². The van der Waals surface area contributed by atoms with Gasteiger partial charge in [-0.05, 0) is 44.1 Å². The summed E-state index contributed by atoms with van der Waals surface area (Å²) in [7, 11) is 1.84. The predicted molar refractivity (Wildman–Crippen MR) is 97.1 cm³/mol. The molecule has 0 N–H and O–H groups in total. The van der Waals surface area contributed by atoms with Gasteiger partial charge in [0.15, 0.2) is 5.82 Å². The first kappa shape index (κ1) is 16.5. The summed E-state index contributed by atoms with van der Waals surface area (Å²) in [5, 5.41) is 2.03. The van der Waals surface area contributed by atoms with E-state index in [-0.39, 0.29) is 17.6 Å². The van der Waals surface area contributed by atoms with Crippen molar-refractivity contribution in [3.05, 3.63) is 39.6 Å². The summed E-state index contributed by atoms with van der Waals surface area (Å²) < 4.78 is 1.76. The van der Waals surface area contributed by atoms with Gasteiger partial charge in [-0.25, -0.2) is 4.98 Å². The maximum Gasteiger partial charge on any atom is 0.255 e. The van der Waals surface area contributed by atoms with Gasteiger partial charge in [0.1, 0.15) is 0 Å². The van der Waals surface area contributed by atoms with Gasteiger partial charge in [-0.1, -0.05) is 0 Å². The van der Waals surface area contributed by atoms with E-state index in [4.69, 9.17) is 0 Å². The monoisotopic (exact) mass is 357 g/mol. The van der Waals surface area contributed by atoms with Gasteiger partial charge in [0.05, 0.1) is 5.56 Å². The fourth-order valence-electron chi connectivity index (χ4n) is 4.00. The second-order valence-electron chi connectivity index (χ2n) is 7.07. The van der Waals surface area contributed by atoms with Crippen LogP contribution in [0, 0.1) is 5.92 Å². The number of aromatic nitrogens is 2. The van der Waals surface area contributed by atoms with Crippen molar-refractivity contribution >= 4 is 23.0 Å². The number of carbonyl (C=O) groups is 2. The second kappa shape index (κ2) is 6.75. The molecule has 0 saturated carbocycles. The van der Waals surface area contributed by atoms with Crippen molar-refractivity contribution in [2.75, 3.05) is 13.1 Å². The van der Waals surface area contributed by atoms with Crippen LogP contribution in [0.25, 0.3) is 0 Å². The summed E-state index contributed by atoms with van der Waals surface area (Å²) in [6, 6.07) is 0. The molecule has 2 aliphatic rings. The number of ketones is 1. The number of nitrogens with zero attached hydrogens (tertiary/aromatic N) is 3. The van der Waals surface area contributed by atoms with Crippen LogP contribution in [0.1, 0.15) is 57.1 Å². The number of carbonyl (C=O) groups excluding carboxylic acids is 2. The molecule has 0 spiro atoms. The lowest BCUT2D eigenvalue weighted by Gasteiger charge is -2.32. The van der Waals surface area contributed by atoms with Crippen LogP contribution < -0.4 is 0 Å². The summed E-state index contributed by atoms with van der Waals surface area (Å²) in [5.41, 5.74) is 2.14. The van der Waals surface area contributed by atoms with Crippen molar-refractivity contribution < 1.29 is 9.59 Å². The Balaban J connectivity index is 1.51. The number of amides is 1. The van der Waals surface area contributed by atoms with Crippen LogP contribution in [0.5, 0.6) is 0 Å². The zero-order valence-electron chi connectivity index (χ0n) is 14.5. The Kier molecular flexibility index (Phi) is 4.46. The molecule has 2 aromatic rings. The highest BCUT2D eigenvalue weighted by atomic mass is 32.1. The van der Waals surface area contributed by atoms with E-state index >= 15 is 0 Å². The minimum Gasteiger partial charge on any atom is -0.338 e. The Morgan fingerprint density at radius 3 is 2.88 bits per heavy atom. The van der Waals surface area contributed by atoms with Gasteiger partial charge in [0, 0.05) is 48.7 Å². The third-order valence-corrected chi connectivity index (χ3v) is 6.50. The van der Waals surface area contributed by atoms with Crippen LogP contribution in [-0.2, 0) is 19.9 Å². The Hall–Kier alpha value is -1.95. The predicted octanol–water partition coefficient (Wildman–Crippen LogP) is 3.10. The summed E-state index contributed by atoms with van der Waals surface area (Å²) in [4.78, 5) is 33.2. The van der Waals surface area contributed by atoms with E-state index < -0.39 is 0 Å². The van der Waals surface area contributed by atoms with Gasteiger partial charge in [0.25, 0.3) is 5.91 Å². The first-order chi connectivity index (χ1) is 12.1. The Morgan fingerprint density at radius 1 is 1.24 bits per heavy atom. The third-order valence-electron chi connectivity index (χ3n) is 5.41. The van der Waals surface area contributed by atoms with E-state index in [1.807, 2.05) is 17.3 Å². The van der Waals surface area contributed by atoms with E-state index in [0.717, 1.165) is 37.8 Å². The van der Waals surface area contributed by atoms with Crippen molar-refractivity contribution in [1.29, 1.82) is 0 Å². The second-order valence-corrected chi connectivity index (χ2v) is 8.04. The molecular formula is C19H23N3O2S. The number of thiophene rings is 1. The largest absolute Gasteiger partial charge is 0.338 e. The third kappa shape index (κ3) is 3.03. The van der Waals surface area contributed by atoms with E-state index in [2.05, 4.69) is 4.98 Å². The van der Waals surface area contributed by atoms with Gasteiger partial charge in [-0.2, -0.15) is 0 Å². The quantitative estimate of drug-likeness (QED) is 0.793. The van der Waals surface area contributed by atoms with Gasteiger partial charge in [-0.3, -0.25) is 9.59 Å². The lowest BCUT2D eigenvalue weighted by atomic mass is 9.91. The summed E-state index contributed by atoms with van der Waals surface area (Å²) in [6.45, 7) is 1.25. The maximum atomic E-state index is 13.1. The molecule has 2 aromatic heterocycles. The summed E-state index contributed by atoms with van der Waals surface area (Å²) in [5.74, 6) is 0.509. The van der Waals surface area contributed by atoms with Crippen LogP contribution in [0.15, 0.2) is 17.8 Å². The van der Waals surface area contributed by atoms with Crippen LogP contribution >= 0.6 is 11.3 Å². The summed E-state index contributed by atoms with van der Waals surface area (Å²) >= 11 is 1.72. The molecule has 25 heavy (non-hydrogen) atoms. The number of piperidine rings is 1. The highest BCUT2D eigenvalue weighted by Crippen LogP contribution is 2.32. The first-order valence-corrected chi connectivity index (χ1v) is 9.93. The minimum atomic E-state index is -0.145. The molecule has 3 heterocycles. The fourth-order valence-corrected chi connectivity index (χ4v) is 5.12. The zero-order chi connectivity index (χ0) is 17.4. The SMILES string of the molecule is Cn1ccnc1C(=O)C1CCCN(C(=O)c2csc3c2CCCC3)C1. The summed E-state index contributed by atoms with van der Waals surface area (Å²) in [6.07, 6.45) is 9.66. The number of aryl methyl sites for hydroxylation is 2. The van der Waals surface area contributed by atoms with E-state index in [0.29, 0.717) is 12.4 Å². The zero-order valence-corrected chi connectivity index (χ0v) is 15.3. The standard InChI is InChI=1S/C19H23N3O2S/c1-21-10-8-20-18(21)17(23)13-5-4-9-22(11-13)19(24)15-12-25-16-7-3-2-6-14(15)16/h8,10,12-13H,2-7,9,11H2,1H3. The number of likely N-dealkylation sites (tertiary alicyclic amines) is 1. The average molecular weight is 357 g/mol. The highest BCUT2D eigenvalue weighted by Gasteiger charge is 2.32. The molecule has 6 heteroatoms. The average Bonchev–Trinajstić information content (AvgIpc) is 3.27. The lowest BCUT2D eigenvalue weighted by molar-refractivity contribution is 0.0632. The van der Waals surface area contributed by atoms with E-state index in [1.54, 1.807) is 28.3 Å². The fraction of sp³-hybridized carbons (Fsp3) is 0.526. The molecule has 1 saturated heterocycles. The number of fused-ring (bicyclic) bond motifs is 1. The molecule has 1 aliphatic carbocycles. The number of imidazole rings is 1. The van der Waals surface area contributed by atoms with Crippen LogP contribution in [0.4, 0.5) is 0 Å². The van der Waals surface area contributed by atoms with Gasteiger partial charge in [0.2, 0.25) is 5.78 Å². The van der Waals surface area contributed by atoms with Crippen molar-refractivity contribution in [1.82, 2.24) is 14.5 Å². The molecular weight excluding hydrogens is 334 g/mol. The number of hydrogen-bond acceptors (Lipinski definition) is 4. The molecule has 0 aromatic carbocycles. The van der Waals surface area contributed by atoms with Crippen LogP contribution in [0.2, 0.25) is 0 Å². The van der Waals surface area contributed by atoms with Crippen LogP contribution in [-0.4, -0.2) is 39.2 Å². The molecule has 4 rings (SSSR count). The molecule has 0 bridgehead atoms. The highest BCUT2D eigenvalue weighted by molar-refractivity contribution is 7.10. The smallest absolute Gasteiger partial charge is 0.255 e. The number of hydrogen-bond donors (Lipinski definition) is 0. The molecule has 132 valence electrons. The topological polar surface area (TPSA) is 55.2 Å². The van der Waals surface area contributed by atoms with E-state index in [9.17, 15) is 9.59 Å². The molecule has 5 nitrogen and oxygen atoms in total. The molecule has 0 radical (unpaired) electrons. The lowest BCUT2D eigenvalue weighted by Crippen LogP contribution is -2.43. The van der Waals surface area contributed by atoms with Crippen molar-refractivity contribution in [3.8, 4) is 0 Å². The minimum absolute atomic E-state index is 0.0531. The maximum absolute atomic E-state index is 13.1. The first-order valence-electron chi connectivity index (χ1n) is 9.05. The Labute approximate surface area is 151 Å². The van der Waals surface area contributed by atoms with E-state index in [1.165, 1.54) is 23.3 Å². The van der Waals surface area contributed by atoms with Gasteiger partial charge < -0.3 is 9.47 Å². The normalized spacial score (nSPS) is 20.4. The van der Waals surface area contributed by atoms with Crippen LogP contribution in [0.3, 0.4) is 0 Å². The molecule has 1 amide bonds. The van der Waals surface area contributed by atoms with Crippen molar-refractivity contribution in [3.63, 3.8) is 0 Å². The van der Waals surface area contributed by atoms with Gasteiger partial charge >= 0.3 is 0 Å². The van der Waals surface area contributed by atoms with Crippen molar-refractivity contribution in [2.24, 2.45) is 13.0 Å².